The molecule has 40 heavy (non-hydrogen) atoms. The number of anilines is 1. The van der Waals surface area contributed by atoms with Gasteiger partial charge in [-0.25, -0.2) is 9.59 Å². The molecule has 0 fully saturated rings. The molecule has 1 aliphatic carbocycles. The molecule has 0 spiro atoms. The smallest absolute Gasteiger partial charge is 0.407 e. The maximum Gasteiger partial charge on any atom is 0.407 e. The molecule has 4 aromatic carbocycles. The van der Waals surface area contributed by atoms with E-state index in [4.69, 9.17) is 4.74 Å². The summed E-state index contributed by atoms with van der Waals surface area (Å²) in [6.45, 7) is 0.113. The van der Waals surface area contributed by atoms with E-state index in [0.29, 0.717) is 6.42 Å². The number of nitrogens with one attached hydrogen (secondary N) is 2. The van der Waals surface area contributed by atoms with E-state index in [-0.39, 0.29) is 24.9 Å². The summed E-state index contributed by atoms with van der Waals surface area (Å²) >= 11 is 0. The van der Waals surface area contributed by atoms with Crippen LogP contribution >= 0.6 is 0 Å². The summed E-state index contributed by atoms with van der Waals surface area (Å²) in [6.07, 6.45) is 0.575. The second kappa shape index (κ2) is 10.7. The van der Waals surface area contributed by atoms with Crippen molar-refractivity contribution in [1.29, 1.82) is 0 Å². The fourth-order valence-electron chi connectivity index (χ4n) is 5.60. The largest absolute Gasteiger partial charge is 0.480 e. The Hall–Kier alpha value is -4.91. The number of amides is 2. The normalized spacial score (nSPS) is 14.3. The molecule has 6 rings (SSSR count). The number of rotatable bonds is 7. The molecule has 4 aromatic rings. The van der Waals surface area contributed by atoms with Crippen molar-refractivity contribution in [2.75, 3.05) is 11.9 Å². The maximum absolute atomic E-state index is 12.7. The van der Waals surface area contributed by atoms with Crippen molar-refractivity contribution in [3.05, 3.63) is 113 Å². The third-order valence-electron chi connectivity index (χ3n) is 7.67. The second-order valence-corrected chi connectivity index (χ2v) is 10.2. The van der Waals surface area contributed by atoms with Crippen molar-refractivity contribution in [3.63, 3.8) is 0 Å². The number of ether oxygens (including phenoxy) is 1. The van der Waals surface area contributed by atoms with Crippen LogP contribution in [0.15, 0.2) is 91.0 Å². The summed E-state index contributed by atoms with van der Waals surface area (Å²) in [5, 5.41) is 15.2. The van der Waals surface area contributed by atoms with Crippen LogP contribution in [-0.2, 0) is 27.2 Å². The Morgan fingerprint density at radius 2 is 1.52 bits per heavy atom. The minimum absolute atomic E-state index is 0.0172. The van der Waals surface area contributed by atoms with Gasteiger partial charge in [-0.1, -0.05) is 84.9 Å². The van der Waals surface area contributed by atoms with Crippen molar-refractivity contribution < 1.29 is 24.2 Å². The molecule has 0 saturated carbocycles. The minimum Gasteiger partial charge on any atom is -0.480 e. The van der Waals surface area contributed by atoms with E-state index in [2.05, 4.69) is 22.8 Å². The van der Waals surface area contributed by atoms with Gasteiger partial charge in [0, 0.05) is 24.4 Å². The molecular formula is C33H28N2O5. The number of hydrogen-bond donors (Lipinski definition) is 3. The molecule has 0 radical (unpaired) electrons. The lowest BCUT2D eigenvalue weighted by atomic mass is 9.96. The molecule has 2 aliphatic rings. The van der Waals surface area contributed by atoms with Crippen LogP contribution in [-0.4, -0.2) is 35.7 Å². The van der Waals surface area contributed by atoms with Crippen LogP contribution in [0.2, 0.25) is 0 Å². The standard InChI is InChI=1S/C33H28N2O5/c36-31-16-15-22-13-14-23(18-29(22)34-31)21-11-9-20(10-12-21)17-30(32(37)38)35-33(39)40-19-28-26-7-3-1-5-24(26)25-6-2-4-8-27(25)28/h1-14,18,28,30H,15-17,19H2,(H,34,36)(H,35,39)(H,37,38)/t30-/m0/s1. The number of aryl methyl sites for hydroxylation is 1. The summed E-state index contributed by atoms with van der Waals surface area (Å²) in [4.78, 5) is 36.4. The Morgan fingerprint density at radius 1 is 0.875 bits per heavy atom. The first-order valence-corrected chi connectivity index (χ1v) is 13.3. The predicted octanol–water partition coefficient (Wildman–Crippen LogP) is 5.77. The Bertz CT molecular complexity index is 1570. The van der Waals surface area contributed by atoms with Crippen LogP contribution < -0.4 is 10.6 Å². The maximum atomic E-state index is 12.7. The third kappa shape index (κ3) is 5.06. The number of aliphatic carboxylic acids is 1. The fraction of sp³-hybridized carbons (Fsp3) is 0.182. The zero-order valence-electron chi connectivity index (χ0n) is 21.7. The van der Waals surface area contributed by atoms with Crippen LogP contribution in [0.3, 0.4) is 0 Å². The lowest BCUT2D eigenvalue weighted by Crippen LogP contribution is -2.42. The van der Waals surface area contributed by atoms with Crippen molar-refractivity contribution >= 4 is 23.7 Å². The fourth-order valence-corrected chi connectivity index (χ4v) is 5.60. The summed E-state index contributed by atoms with van der Waals surface area (Å²) in [5.41, 5.74) is 9.04. The number of fused-ring (bicyclic) bond motifs is 4. The zero-order chi connectivity index (χ0) is 27.6. The van der Waals surface area contributed by atoms with E-state index in [1.807, 2.05) is 78.9 Å². The van der Waals surface area contributed by atoms with Gasteiger partial charge in [-0.2, -0.15) is 0 Å². The van der Waals surface area contributed by atoms with Crippen molar-refractivity contribution in [3.8, 4) is 22.3 Å². The number of carbonyl (C=O) groups is 3. The molecule has 200 valence electrons. The molecule has 0 unspecified atom stereocenters. The first-order chi connectivity index (χ1) is 19.5. The molecule has 7 nitrogen and oxygen atoms in total. The lowest BCUT2D eigenvalue weighted by molar-refractivity contribution is -0.139. The van der Waals surface area contributed by atoms with E-state index in [1.54, 1.807) is 0 Å². The number of carboxylic acid groups (broad SMARTS) is 1. The molecule has 1 heterocycles. The quantitative estimate of drug-likeness (QED) is 0.280. The number of carbonyl (C=O) groups excluding carboxylic acids is 2. The highest BCUT2D eigenvalue weighted by Crippen LogP contribution is 2.44. The molecule has 1 aliphatic heterocycles. The Labute approximate surface area is 231 Å². The van der Waals surface area contributed by atoms with Gasteiger partial charge >= 0.3 is 12.1 Å². The summed E-state index contributed by atoms with van der Waals surface area (Å²) in [5.74, 6) is -1.22. The van der Waals surface area contributed by atoms with Gasteiger partial charge in [0.1, 0.15) is 12.6 Å². The van der Waals surface area contributed by atoms with Gasteiger partial charge in [0.2, 0.25) is 5.91 Å². The molecular weight excluding hydrogens is 504 g/mol. The van der Waals surface area contributed by atoms with Gasteiger partial charge in [0.05, 0.1) is 0 Å². The van der Waals surface area contributed by atoms with E-state index in [9.17, 15) is 19.5 Å². The molecule has 7 heteroatoms. The van der Waals surface area contributed by atoms with Crippen LogP contribution in [0.4, 0.5) is 10.5 Å². The Kier molecular flexibility index (Phi) is 6.78. The van der Waals surface area contributed by atoms with Crippen LogP contribution in [0.1, 0.15) is 34.6 Å². The Morgan fingerprint density at radius 3 is 2.20 bits per heavy atom. The first-order valence-electron chi connectivity index (χ1n) is 13.3. The Balaban J connectivity index is 1.09. The second-order valence-electron chi connectivity index (χ2n) is 10.2. The first kappa shape index (κ1) is 25.4. The lowest BCUT2D eigenvalue weighted by Gasteiger charge is -2.18. The van der Waals surface area contributed by atoms with Gasteiger partial charge < -0.3 is 20.5 Å². The topological polar surface area (TPSA) is 105 Å². The van der Waals surface area contributed by atoms with Gasteiger partial charge in [-0.3, -0.25) is 4.79 Å². The van der Waals surface area contributed by atoms with Gasteiger partial charge in [-0.15, -0.1) is 0 Å². The molecule has 0 aromatic heterocycles. The zero-order valence-corrected chi connectivity index (χ0v) is 21.7. The number of alkyl carbamates (subject to hydrolysis) is 1. The van der Waals surface area contributed by atoms with E-state index in [0.717, 1.165) is 56.6 Å². The highest BCUT2D eigenvalue weighted by Gasteiger charge is 2.30. The number of benzene rings is 4. The summed E-state index contributed by atoms with van der Waals surface area (Å²) in [7, 11) is 0. The molecule has 2 amide bonds. The predicted molar refractivity (Wildman–Crippen MR) is 152 cm³/mol. The average Bonchev–Trinajstić information content (AvgIpc) is 3.29. The van der Waals surface area contributed by atoms with Crippen LogP contribution in [0, 0.1) is 0 Å². The number of hydrogen-bond acceptors (Lipinski definition) is 4. The minimum atomic E-state index is -1.14. The summed E-state index contributed by atoms with van der Waals surface area (Å²) in [6, 6.07) is 28.5. The highest BCUT2D eigenvalue weighted by molar-refractivity contribution is 5.94. The third-order valence-corrected chi connectivity index (χ3v) is 7.67. The highest BCUT2D eigenvalue weighted by atomic mass is 16.5. The van der Waals surface area contributed by atoms with Crippen molar-refractivity contribution in [2.24, 2.45) is 0 Å². The van der Waals surface area contributed by atoms with Gasteiger partial charge in [-0.05, 0) is 57.0 Å². The monoisotopic (exact) mass is 532 g/mol. The van der Waals surface area contributed by atoms with Crippen molar-refractivity contribution in [2.45, 2.75) is 31.2 Å². The number of carboxylic acids is 1. The van der Waals surface area contributed by atoms with Gasteiger partial charge in [0.25, 0.3) is 0 Å². The molecule has 1 atom stereocenters. The van der Waals surface area contributed by atoms with E-state index < -0.39 is 18.1 Å². The average molecular weight is 533 g/mol. The van der Waals surface area contributed by atoms with E-state index >= 15 is 0 Å². The molecule has 0 saturated heterocycles. The molecule has 3 N–H and O–H groups in total. The van der Waals surface area contributed by atoms with Gasteiger partial charge in [0.15, 0.2) is 0 Å². The summed E-state index contributed by atoms with van der Waals surface area (Å²) < 4.78 is 5.54. The molecule has 0 bridgehead atoms. The van der Waals surface area contributed by atoms with Crippen LogP contribution in [0.25, 0.3) is 22.3 Å². The van der Waals surface area contributed by atoms with E-state index in [1.165, 1.54) is 0 Å². The van der Waals surface area contributed by atoms with Crippen LogP contribution in [0.5, 0.6) is 0 Å². The van der Waals surface area contributed by atoms with Crippen molar-refractivity contribution in [1.82, 2.24) is 5.32 Å². The SMILES string of the molecule is O=C1CCc2ccc(-c3ccc(C[C@H](NC(=O)OCC4c5ccccc5-c5ccccc54)C(=O)O)cc3)cc2N1.